The minimum absolute atomic E-state index is 0.00996. The molecule has 0 spiro atoms. The van der Waals surface area contributed by atoms with Crippen LogP contribution in [0.5, 0.6) is 0 Å². The highest BCUT2D eigenvalue weighted by Gasteiger charge is 2.24. The van der Waals surface area contributed by atoms with Crippen LogP contribution in [0.4, 0.5) is 16.3 Å². The van der Waals surface area contributed by atoms with Crippen molar-refractivity contribution in [3.8, 4) is 0 Å². The van der Waals surface area contributed by atoms with Gasteiger partial charge in [0.05, 0.1) is 4.92 Å². The second-order valence-corrected chi connectivity index (χ2v) is 6.39. The Kier molecular flexibility index (Phi) is 5.12. The van der Waals surface area contributed by atoms with Crippen LogP contribution in [0.25, 0.3) is 0 Å². The van der Waals surface area contributed by atoms with E-state index in [-0.39, 0.29) is 11.7 Å². The second kappa shape index (κ2) is 7.46. The Bertz CT molecular complexity index is 578. The summed E-state index contributed by atoms with van der Waals surface area (Å²) in [6.07, 6.45) is 7.11. The van der Waals surface area contributed by atoms with Crippen LogP contribution in [0, 0.1) is 10.1 Å². The van der Waals surface area contributed by atoms with Crippen LogP contribution in [-0.4, -0.2) is 53.1 Å². The molecule has 3 rings (SSSR count). The Balaban J connectivity index is 1.49. The Morgan fingerprint density at radius 1 is 1.17 bits per heavy atom. The molecule has 0 aromatic carbocycles. The summed E-state index contributed by atoms with van der Waals surface area (Å²) < 4.78 is 0. The number of piperazine rings is 1. The number of aromatic nitrogens is 1. The fraction of sp³-hybridized carbons (Fsp3) is 0.625. The molecule has 1 aromatic heterocycles. The van der Waals surface area contributed by atoms with Crippen molar-refractivity contribution in [2.75, 3.05) is 31.1 Å². The Morgan fingerprint density at radius 3 is 2.46 bits per heavy atom. The molecule has 2 aliphatic rings. The number of hydrogen-bond donors (Lipinski definition) is 1. The van der Waals surface area contributed by atoms with Crippen LogP contribution in [0.2, 0.25) is 0 Å². The number of nitrogens with one attached hydrogen (secondary N) is 1. The zero-order valence-corrected chi connectivity index (χ0v) is 13.7. The molecule has 1 saturated carbocycles. The average molecular weight is 333 g/mol. The fourth-order valence-corrected chi connectivity index (χ4v) is 3.32. The standard InChI is InChI=1S/C16H23N5O3/c22-16(18-13-4-2-1-3-5-13)20-10-8-19(9-11-20)15-7-6-14(12-17-15)21(23)24/h6-7,12-13H,1-5,8-11H2,(H,18,22). The van der Waals surface area contributed by atoms with Crippen molar-refractivity contribution in [1.82, 2.24) is 15.2 Å². The first-order valence-electron chi connectivity index (χ1n) is 8.54. The van der Waals surface area contributed by atoms with E-state index < -0.39 is 4.92 Å². The number of anilines is 1. The predicted octanol–water partition coefficient (Wildman–Crippen LogP) is 2.15. The highest BCUT2D eigenvalue weighted by molar-refractivity contribution is 5.74. The van der Waals surface area contributed by atoms with E-state index in [1.807, 2.05) is 9.80 Å². The molecule has 1 aliphatic carbocycles. The molecule has 0 atom stereocenters. The number of nitrogens with zero attached hydrogens (tertiary/aromatic N) is 4. The Labute approximate surface area is 141 Å². The van der Waals surface area contributed by atoms with E-state index in [0.29, 0.717) is 38.0 Å². The van der Waals surface area contributed by atoms with Gasteiger partial charge in [-0.3, -0.25) is 10.1 Å². The first kappa shape index (κ1) is 16.5. The van der Waals surface area contributed by atoms with Crippen molar-refractivity contribution >= 4 is 17.5 Å². The summed E-state index contributed by atoms with van der Waals surface area (Å²) in [7, 11) is 0. The summed E-state index contributed by atoms with van der Waals surface area (Å²) in [6.45, 7) is 2.64. The van der Waals surface area contributed by atoms with Crippen LogP contribution >= 0.6 is 0 Å². The minimum atomic E-state index is -0.454. The fourth-order valence-electron chi connectivity index (χ4n) is 3.32. The quantitative estimate of drug-likeness (QED) is 0.676. The van der Waals surface area contributed by atoms with Gasteiger partial charge in [0, 0.05) is 38.3 Å². The van der Waals surface area contributed by atoms with Crippen LogP contribution in [0.15, 0.2) is 18.3 Å². The van der Waals surface area contributed by atoms with Crippen molar-refractivity contribution < 1.29 is 9.72 Å². The van der Waals surface area contributed by atoms with Gasteiger partial charge in [0.2, 0.25) is 0 Å². The third kappa shape index (κ3) is 3.93. The lowest BCUT2D eigenvalue weighted by atomic mass is 9.96. The molecule has 0 unspecified atom stereocenters. The van der Waals surface area contributed by atoms with Gasteiger partial charge >= 0.3 is 6.03 Å². The van der Waals surface area contributed by atoms with Gasteiger partial charge in [-0.15, -0.1) is 0 Å². The first-order chi connectivity index (χ1) is 11.6. The van der Waals surface area contributed by atoms with E-state index in [4.69, 9.17) is 0 Å². The van der Waals surface area contributed by atoms with Crippen molar-refractivity contribution in [3.63, 3.8) is 0 Å². The third-order valence-corrected chi connectivity index (χ3v) is 4.77. The van der Waals surface area contributed by atoms with Gasteiger partial charge in [-0.1, -0.05) is 19.3 Å². The summed E-state index contributed by atoms with van der Waals surface area (Å²) in [4.78, 5) is 30.6. The van der Waals surface area contributed by atoms with E-state index in [1.54, 1.807) is 6.07 Å². The van der Waals surface area contributed by atoms with E-state index >= 15 is 0 Å². The van der Waals surface area contributed by atoms with Crippen LogP contribution < -0.4 is 10.2 Å². The molecule has 2 fully saturated rings. The number of carbonyl (C=O) groups excluding carboxylic acids is 1. The number of urea groups is 1. The third-order valence-electron chi connectivity index (χ3n) is 4.77. The number of rotatable bonds is 3. The predicted molar refractivity (Wildman–Crippen MR) is 90.1 cm³/mol. The van der Waals surface area contributed by atoms with Crippen molar-refractivity contribution in [3.05, 3.63) is 28.4 Å². The maximum Gasteiger partial charge on any atom is 0.317 e. The molecule has 24 heavy (non-hydrogen) atoms. The smallest absolute Gasteiger partial charge is 0.317 e. The number of hydrogen-bond acceptors (Lipinski definition) is 5. The molecule has 1 aliphatic heterocycles. The molecule has 2 amide bonds. The molecule has 8 heteroatoms. The van der Waals surface area contributed by atoms with Crippen molar-refractivity contribution in [2.24, 2.45) is 0 Å². The van der Waals surface area contributed by atoms with Gasteiger partial charge in [0.15, 0.2) is 0 Å². The van der Waals surface area contributed by atoms with Crippen molar-refractivity contribution in [2.45, 2.75) is 38.1 Å². The number of carbonyl (C=O) groups is 1. The molecular formula is C16H23N5O3. The van der Waals surface area contributed by atoms with Crippen LogP contribution in [-0.2, 0) is 0 Å². The molecule has 130 valence electrons. The van der Waals surface area contributed by atoms with E-state index in [0.717, 1.165) is 12.8 Å². The normalized spacial score (nSPS) is 19.2. The average Bonchev–Trinajstić information content (AvgIpc) is 2.63. The summed E-state index contributed by atoms with van der Waals surface area (Å²) >= 11 is 0. The molecular weight excluding hydrogens is 310 g/mol. The lowest BCUT2D eigenvalue weighted by Gasteiger charge is -2.36. The van der Waals surface area contributed by atoms with E-state index in [1.165, 1.54) is 31.5 Å². The molecule has 8 nitrogen and oxygen atoms in total. The van der Waals surface area contributed by atoms with Crippen LogP contribution in [0.3, 0.4) is 0 Å². The van der Waals surface area contributed by atoms with Gasteiger partial charge in [-0.2, -0.15) is 0 Å². The zero-order valence-electron chi connectivity index (χ0n) is 13.7. The number of nitro groups is 1. The molecule has 0 radical (unpaired) electrons. The maximum absolute atomic E-state index is 12.3. The topological polar surface area (TPSA) is 91.6 Å². The maximum atomic E-state index is 12.3. The number of amides is 2. The second-order valence-electron chi connectivity index (χ2n) is 6.39. The highest BCUT2D eigenvalue weighted by Crippen LogP contribution is 2.19. The molecule has 1 N–H and O–H groups in total. The summed E-state index contributed by atoms with van der Waals surface area (Å²) in [5.41, 5.74) is -0.00996. The molecule has 2 heterocycles. The van der Waals surface area contributed by atoms with Gasteiger partial charge in [0.25, 0.3) is 5.69 Å². The summed E-state index contributed by atoms with van der Waals surface area (Å²) in [5, 5.41) is 13.8. The summed E-state index contributed by atoms with van der Waals surface area (Å²) in [6, 6.07) is 3.47. The zero-order chi connectivity index (χ0) is 16.9. The molecule has 1 saturated heterocycles. The molecule has 1 aromatic rings. The first-order valence-corrected chi connectivity index (χ1v) is 8.54. The lowest BCUT2D eigenvalue weighted by Crippen LogP contribution is -2.53. The largest absolute Gasteiger partial charge is 0.353 e. The lowest BCUT2D eigenvalue weighted by molar-refractivity contribution is -0.385. The Morgan fingerprint density at radius 2 is 1.88 bits per heavy atom. The monoisotopic (exact) mass is 333 g/mol. The van der Waals surface area contributed by atoms with E-state index in [2.05, 4.69) is 10.3 Å². The number of pyridine rings is 1. The van der Waals surface area contributed by atoms with Gasteiger partial charge < -0.3 is 15.1 Å². The SMILES string of the molecule is O=C(NC1CCCCC1)N1CCN(c2ccc([N+](=O)[O-])cn2)CC1. The van der Waals surface area contributed by atoms with Crippen LogP contribution in [0.1, 0.15) is 32.1 Å². The van der Waals surface area contributed by atoms with E-state index in [9.17, 15) is 14.9 Å². The highest BCUT2D eigenvalue weighted by atomic mass is 16.6. The van der Waals surface area contributed by atoms with Gasteiger partial charge in [-0.25, -0.2) is 9.78 Å². The van der Waals surface area contributed by atoms with Crippen molar-refractivity contribution in [1.29, 1.82) is 0 Å². The van der Waals surface area contributed by atoms with Gasteiger partial charge in [0.1, 0.15) is 12.0 Å². The minimum Gasteiger partial charge on any atom is -0.353 e. The summed E-state index contributed by atoms with van der Waals surface area (Å²) in [5.74, 6) is 0.716. The molecule has 0 bridgehead atoms. The van der Waals surface area contributed by atoms with Gasteiger partial charge in [-0.05, 0) is 18.9 Å². The Hall–Kier alpha value is -2.38.